The van der Waals surface area contributed by atoms with Gasteiger partial charge >= 0.3 is 0 Å². The quantitative estimate of drug-likeness (QED) is 0.627. The highest BCUT2D eigenvalue weighted by molar-refractivity contribution is 5.80. The molecule has 2 aromatic carbocycles. The van der Waals surface area contributed by atoms with Crippen molar-refractivity contribution >= 4 is 6.21 Å². The summed E-state index contributed by atoms with van der Waals surface area (Å²) in [5.41, 5.74) is 5.02. The summed E-state index contributed by atoms with van der Waals surface area (Å²) in [5, 5.41) is 13.8. The molecule has 0 bridgehead atoms. The van der Waals surface area contributed by atoms with Crippen LogP contribution < -0.4 is 10.2 Å². The molecule has 0 aliphatic carbocycles. The molecule has 104 valence electrons. The summed E-state index contributed by atoms with van der Waals surface area (Å²) in [7, 11) is 0. The Bertz CT molecular complexity index is 568. The minimum atomic E-state index is 0.140. The predicted molar refractivity (Wildman–Crippen MR) is 80.2 cm³/mol. The van der Waals surface area contributed by atoms with E-state index in [9.17, 15) is 5.11 Å². The van der Waals surface area contributed by atoms with Gasteiger partial charge in [-0.2, -0.15) is 5.10 Å². The molecule has 0 aliphatic heterocycles. The van der Waals surface area contributed by atoms with E-state index in [1.807, 2.05) is 37.3 Å². The van der Waals surface area contributed by atoms with E-state index in [0.717, 1.165) is 5.56 Å². The van der Waals surface area contributed by atoms with Crippen LogP contribution in [0.4, 0.5) is 0 Å². The van der Waals surface area contributed by atoms with Crippen LogP contribution in [-0.2, 0) is 6.54 Å². The second-order valence-electron chi connectivity index (χ2n) is 4.24. The van der Waals surface area contributed by atoms with Crippen LogP contribution in [0.1, 0.15) is 18.1 Å². The molecule has 0 saturated carbocycles. The molecule has 0 spiro atoms. The Morgan fingerprint density at radius 1 is 1.20 bits per heavy atom. The number of hydrazone groups is 1. The molecule has 20 heavy (non-hydrogen) atoms. The summed E-state index contributed by atoms with van der Waals surface area (Å²) in [4.78, 5) is 0. The minimum Gasteiger partial charge on any atom is -0.504 e. The third kappa shape index (κ3) is 4.02. The summed E-state index contributed by atoms with van der Waals surface area (Å²) < 4.78 is 5.32. The van der Waals surface area contributed by atoms with Crippen molar-refractivity contribution in [3.8, 4) is 11.5 Å². The second kappa shape index (κ2) is 7.19. The van der Waals surface area contributed by atoms with Crippen LogP contribution in [0, 0.1) is 0 Å². The van der Waals surface area contributed by atoms with Crippen molar-refractivity contribution in [1.29, 1.82) is 0 Å². The largest absolute Gasteiger partial charge is 0.504 e. The Balaban J connectivity index is 1.92. The van der Waals surface area contributed by atoms with Gasteiger partial charge in [0.25, 0.3) is 0 Å². The molecular weight excluding hydrogens is 252 g/mol. The molecule has 0 fully saturated rings. The van der Waals surface area contributed by atoms with Gasteiger partial charge in [0, 0.05) is 0 Å². The molecule has 0 unspecified atom stereocenters. The van der Waals surface area contributed by atoms with E-state index in [-0.39, 0.29) is 5.75 Å². The van der Waals surface area contributed by atoms with E-state index >= 15 is 0 Å². The molecule has 0 atom stereocenters. The number of nitrogens with zero attached hydrogens (tertiary/aromatic N) is 1. The van der Waals surface area contributed by atoms with Gasteiger partial charge in [-0.1, -0.05) is 30.3 Å². The van der Waals surface area contributed by atoms with Crippen molar-refractivity contribution in [3.63, 3.8) is 0 Å². The average molecular weight is 270 g/mol. The van der Waals surface area contributed by atoms with Crippen LogP contribution in [0.15, 0.2) is 53.6 Å². The number of ether oxygens (including phenoxy) is 1. The standard InChI is InChI=1S/C16H18N2O2/c1-2-20-16-10-14(8-9-15(16)19)12-18-17-11-13-6-4-3-5-7-13/h3-10,12,17,19H,2,11H2,1H3/b18-12+. The minimum absolute atomic E-state index is 0.140. The highest BCUT2D eigenvalue weighted by Crippen LogP contribution is 2.26. The first-order valence-corrected chi connectivity index (χ1v) is 6.55. The molecule has 0 saturated heterocycles. The van der Waals surface area contributed by atoms with Gasteiger partial charge < -0.3 is 15.3 Å². The molecule has 2 rings (SSSR count). The first kappa shape index (κ1) is 13.9. The number of nitrogens with one attached hydrogen (secondary N) is 1. The topological polar surface area (TPSA) is 53.8 Å². The normalized spacial score (nSPS) is 10.7. The van der Waals surface area contributed by atoms with E-state index in [1.54, 1.807) is 24.4 Å². The molecule has 4 nitrogen and oxygen atoms in total. The van der Waals surface area contributed by atoms with Crippen LogP contribution in [0.3, 0.4) is 0 Å². The summed E-state index contributed by atoms with van der Waals surface area (Å²) >= 11 is 0. The van der Waals surface area contributed by atoms with E-state index in [0.29, 0.717) is 18.9 Å². The zero-order chi connectivity index (χ0) is 14.2. The number of phenols is 1. The molecule has 0 radical (unpaired) electrons. The maximum Gasteiger partial charge on any atom is 0.161 e. The lowest BCUT2D eigenvalue weighted by molar-refractivity contribution is 0.318. The highest BCUT2D eigenvalue weighted by Gasteiger charge is 2.01. The zero-order valence-electron chi connectivity index (χ0n) is 11.4. The van der Waals surface area contributed by atoms with Gasteiger partial charge in [-0.3, -0.25) is 0 Å². The average Bonchev–Trinajstić information content (AvgIpc) is 2.48. The van der Waals surface area contributed by atoms with Crippen molar-refractivity contribution in [1.82, 2.24) is 5.43 Å². The van der Waals surface area contributed by atoms with Crippen molar-refractivity contribution in [3.05, 3.63) is 59.7 Å². The van der Waals surface area contributed by atoms with Crippen molar-refractivity contribution < 1.29 is 9.84 Å². The summed E-state index contributed by atoms with van der Waals surface area (Å²) in [5.74, 6) is 0.612. The Hall–Kier alpha value is -2.49. The van der Waals surface area contributed by atoms with Gasteiger partial charge in [-0.15, -0.1) is 0 Å². The van der Waals surface area contributed by atoms with Crippen molar-refractivity contribution in [2.24, 2.45) is 5.10 Å². The summed E-state index contributed by atoms with van der Waals surface area (Å²) in [6, 6.07) is 15.2. The van der Waals surface area contributed by atoms with Crippen LogP contribution in [0.2, 0.25) is 0 Å². The third-order valence-electron chi connectivity index (χ3n) is 2.71. The molecule has 2 N–H and O–H groups in total. The molecule has 0 heterocycles. The van der Waals surface area contributed by atoms with Crippen LogP contribution in [0.25, 0.3) is 0 Å². The van der Waals surface area contributed by atoms with E-state index in [1.165, 1.54) is 5.56 Å². The Morgan fingerprint density at radius 3 is 2.75 bits per heavy atom. The number of benzene rings is 2. The third-order valence-corrected chi connectivity index (χ3v) is 2.71. The van der Waals surface area contributed by atoms with Gasteiger partial charge in [0.15, 0.2) is 11.5 Å². The number of rotatable bonds is 6. The van der Waals surface area contributed by atoms with E-state index in [2.05, 4.69) is 10.5 Å². The number of aromatic hydroxyl groups is 1. The first-order valence-electron chi connectivity index (χ1n) is 6.55. The van der Waals surface area contributed by atoms with Gasteiger partial charge in [-0.05, 0) is 36.2 Å². The lowest BCUT2D eigenvalue weighted by Gasteiger charge is -2.06. The van der Waals surface area contributed by atoms with E-state index in [4.69, 9.17) is 4.74 Å². The fourth-order valence-electron chi connectivity index (χ4n) is 1.74. The highest BCUT2D eigenvalue weighted by atomic mass is 16.5. The Labute approximate surface area is 118 Å². The fourth-order valence-corrected chi connectivity index (χ4v) is 1.74. The molecule has 2 aromatic rings. The smallest absolute Gasteiger partial charge is 0.161 e. The maximum absolute atomic E-state index is 9.60. The summed E-state index contributed by atoms with van der Waals surface area (Å²) in [6.45, 7) is 3.07. The number of hydrogen-bond donors (Lipinski definition) is 2. The van der Waals surface area contributed by atoms with Gasteiger partial charge in [0.1, 0.15) is 0 Å². The fraction of sp³-hybridized carbons (Fsp3) is 0.188. The van der Waals surface area contributed by atoms with Crippen molar-refractivity contribution in [2.45, 2.75) is 13.5 Å². The predicted octanol–water partition coefficient (Wildman–Crippen LogP) is 2.91. The molecule has 4 heteroatoms. The molecule has 0 amide bonds. The van der Waals surface area contributed by atoms with Crippen LogP contribution >= 0.6 is 0 Å². The van der Waals surface area contributed by atoms with Gasteiger partial charge in [0.05, 0.1) is 19.4 Å². The van der Waals surface area contributed by atoms with Crippen LogP contribution in [-0.4, -0.2) is 17.9 Å². The number of phenolic OH excluding ortho intramolecular Hbond substituents is 1. The first-order chi connectivity index (χ1) is 9.79. The second-order valence-corrected chi connectivity index (χ2v) is 4.24. The lowest BCUT2D eigenvalue weighted by Crippen LogP contribution is -2.05. The zero-order valence-corrected chi connectivity index (χ0v) is 11.4. The van der Waals surface area contributed by atoms with Gasteiger partial charge in [-0.25, -0.2) is 0 Å². The Morgan fingerprint density at radius 2 is 2.00 bits per heavy atom. The molecule has 0 aromatic heterocycles. The van der Waals surface area contributed by atoms with Gasteiger partial charge in [0.2, 0.25) is 0 Å². The Kier molecular flexibility index (Phi) is 5.00. The monoisotopic (exact) mass is 270 g/mol. The molecular formula is C16H18N2O2. The maximum atomic E-state index is 9.60. The van der Waals surface area contributed by atoms with Crippen molar-refractivity contribution in [2.75, 3.05) is 6.61 Å². The van der Waals surface area contributed by atoms with Crippen LogP contribution in [0.5, 0.6) is 11.5 Å². The summed E-state index contributed by atoms with van der Waals surface area (Å²) in [6.07, 6.45) is 1.70. The number of hydrogen-bond acceptors (Lipinski definition) is 4. The SMILES string of the molecule is CCOc1cc(/C=N/NCc2ccccc2)ccc1O. The molecule has 0 aliphatic rings. The lowest BCUT2D eigenvalue weighted by atomic mass is 10.2. The van der Waals surface area contributed by atoms with E-state index < -0.39 is 0 Å².